The second-order valence-corrected chi connectivity index (χ2v) is 6.32. The first kappa shape index (κ1) is 18.2. The van der Waals surface area contributed by atoms with Crippen molar-refractivity contribution in [3.05, 3.63) is 23.2 Å². The van der Waals surface area contributed by atoms with Crippen LogP contribution in [-0.2, 0) is 0 Å². The maximum Gasteiger partial charge on any atom is 0.138 e. The molecule has 1 rings (SSSR count). The first-order chi connectivity index (χ1) is 10.1. The highest BCUT2D eigenvalue weighted by Crippen LogP contribution is 2.28. The molecule has 0 spiro atoms. The van der Waals surface area contributed by atoms with Crippen molar-refractivity contribution < 1.29 is 4.74 Å². The molecule has 0 saturated carbocycles. The average molecular weight is 312 g/mol. The molecule has 0 saturated heterocycles. The number of hydrogen-bond acceptors (Lipinski definition) is 2. The number of halogens is 1. The first-order valence-corrected chi connectivity index (χ1v) is 8.70. The van der Waals surface area contributed by atoms with E-state index in [9.17, 15) is 0 Å². The molecule has 0 amide bonds. The Hall–Kier alpha value is -0.890. The lowest BCUT2D eigenvalue weighted by Crippen LogP contribution is -2.09. The predicted octanol–water partition coefficient (Wildman–Crippen LogP) is 6.29. The van der Waals surface area contributed by atoms with Crippen molar-refractivity contribution in [2.75, 3.05) is 11.9 Å². The lowest BCUT2D eigenvalue weighted by molar-refractivity contribution is 0.304. The van der Waals surface area contributed by atoms with Gasteiger partial charge in [-0.15, -0.1) is 0 Å². The van der Waals surface area contributed by atoms with E-state index in [-0.39, 0.29) is 0 Å². The van der Waals surface area contributed by atoms with Gasteiger partial charge in [0, 0.05) is 11.7 Å². The van der Waals surface area contributed by atoms with Gasteiger partial charge in [0.15, 0.2) is 0 Å². The molecule has 0 heterocycles. The molecule has 1 aromatic carbocycles. The average Bonchev–Trinajstić information content (AvgIpc) is 2.43. The fraction of sp³-hybridized carbons (Fsp3) is 0.667. The molecule has 120 valence electrons. The first-order valence-electron chi connectivity index (χ1n) is 8.32. The summed E-state index contributed by atoms with van der Waals surface area (Å²) in [6, 6.07) is 6.31. The molecule has 1 N–H and O–H groups in total. The summed E-state index contributed by atoms with van der Waals surface area (Å²) in [5.41, 5.74) is 1.04. The third kappa shape index (κ3) is 8.21. The minimum Gasteiger partial charge on any atom is -0.492 e. The van der Waals surface area contributed by atoms with Gasteiger partial charge in [0.05, 0.1) is 11.6 Å². The number of rotatable bonds is 11. The van der Waals surface area contributed by atoms with E-state index in [4.69, 9.17) is 16.3 Å². The maximum absolute atomic E-state index is 6.25. The summed E-state index contributed by atoms with van der Waals surface area (Å²) in [6.45, 7) is 7.22. The van der Waals surface area contributed by atoms with Crippen LogP contribution in [0.3, 0.4) is 0 Å². The summed E-state index contributed by atoms with van der Waals surface area (Å²) in [4.78, 5) is 0. The van der Waals surface area contributed by atoms with Crippen LogP contribution < -0.4 is 10.1 Å². The SMILES string of the molecule is CCCCCCCCCOc1ccc(NC(C)C)cc1Cl. The van der Waals surface area contributed by atoms with E-state index in [2.05, 4.69) is 26.1 Å². The molecule has 0 aliphatic heterocycles. The van der Waals surface area contributed by atoms with Crippen molar-refractivity contribution in [3.63, 3.8) is 0 Å². The standard InChI is InChI=1S/C18H30ClNO/c1-4-5-6-7-8-9-10-13-21-18-12-11-16(14-17(18)19)20-15(2)3/h11-12,14-15,20H,4-10,13H2,1-3H3. The van der Waals surface area contributed by atoms with Gasteiger partial charge >= 0.3 is 0 Å². The van der Waals surface area contributed by atoms with E-state index in [1.54, 1.807) is 0 Å². The minimum atomic E-state index is 0.403. The Morgan fingerprint density at radius 1 is 1.05 bits per heavy atom. The fourth-order valence-corrected chi connectivity index (χ4v) is 2.52. The third-order valence-electron chi connectivity index (χ3n) is 3.39. The highest BCUT2D eigenvalue weighted by atomic mass is 35.5. The summed E-state index contributed by atoms with van der Waals surface area (Å²) < 4.78 is 5.76. The van der Waals surface area contributed by atoms with Crippen LogP contribution in [0.2, 0.25) is 5.02 Å². The zero-order chi connectivity index (χ0) is 15.5. The van der Waals surface area contributed by atoms with Crippen molar-refractivity contribution >= 4 is 17.3 Å². The largest absolute Gasteiger partial charge is 0.492 e. The lowest BCUT2D eigenvalue weighted by atomic mass is 10.1. The van der Waals surface area contributed by atoms with Gasteiger partial charge < -0.3 is 10.1 Å². The number of hydrogen-bond donors (Lipinski definition) is 1. The number of nitrogens with one attached hydrogen (secondary N) is 1. The summed E-state index contributed by atoms with van der Waals surface area (Å²) in [5.74, 6) is 0.789. The molecule has 0 bridgehead atoms. The van der Waals surface area contributed by atoms with Gasteiger partial charge in [-0.05, 0) is 38.5 Å². The van der Waals surface area contributed by atoms with Gasteiger partial charge in [0.25, 0.3) is 0 Å². The van der Waals surface area contributed by atoms with Crippen molar-refractivity contribution in [2.45, 2.75) is 71.8 Å². The van der Waals surface area contributed by atoms with Crippen LogP contribution in [0, 0.1) is 0 Å². The van der Waals surface area contributed by atoms with Crippen LogP contribution in [0.25, 0.3) is 0 Å². The molecule has 0 aliphatic carbocycles. The Morgan fingerprint density at radius 3 is 2.33 bits per heavy atom. The Balaban J connectivity index is 2.20. The summed E-state index contributed by atoms with van der Waals surface area (Å²) in [7, 11) is 0. The Bertz CT molecular complexity index is 393. The van der Waals surface area contributed by atoms with Crippen molar-refractivity contribution in [3.8, 4) is 5.75 Å². The smallest absolute Gasteiger partial charge is 0.138 e. The number of unbranched alkanes of at least 4 members (excludes halogenated alkanes) is 6. The number of benzene rings is 1. The normalized spacial score (nSPS) is 10.9. The summed E-state index contributed by atoms with van der Waals surface area (Å²) in [5, 5.41) is 4.02. The van der Waals surface area contributed by atoms with Crippen LogP contribution in [0.5, 0.6) is 5.75 Å². The molecule has 0 aliphatic rings. The van der Waals surface area contributed by atoms with Gasteiger partial charge in [-0.1, -0.05) is 57.0 Å². The zero-order valence-electron chi connectivity index (χ0n) is 13.8. The van der Waals surface area contributed by atoms with Gasteiger partial charge in [0.1, 0.15) is 5.75 Å². The quantitative estimate of drug-likeness (QED) is 0.485. The van der Waals surface area contributed by atoms with Crippen molar-refractivity contribution in [1.82, 2.24) is 0 Å². The van der Waals surface area contributed by atoms with E-state index in [0.29, 0.717) is 11.1 Å². The Kier molecular flexibility index (Phi) is 9.32. The van der Waals surface area contributed by atoms with Crippen LogP contribution in [0.15, 0.2) is 18.2 Å². The van der Waals surface area contributed by atoms with Crippen LogP contribution in [0.4, 0.5) is 5.69 Å². The molecular weight excluding hydrogens is 282 g/mol. The molecule has 0 aromatic heterocycles. The van der Waals surface area contributed by atoms with E-state index >= 15 is 0 Å². The lowest BCUT2D eigenvalue weighted by Gasteiger charge is -2.13. The van der Waals surface area contributed by atoms with Crippen molar-refractivity contribution in [2.24, 2.45) is 0 Å². The van der Waals surface area contributed by atoms with E-state index in [1.165, 1.54) is 38.5 Å². The second kappa shape index (κ2) is 10.8. The van der Waals surface area contributed by atoms with E-state index in [1.807, 2.05) is 18.2 Å². The molecule has 1 aromatic rings. The topological polar surface area (TPSA) is 21.3 Å². The molecule has 0 radical (unpaired) electrons. The summed E-state index contributed by atoms with van der Waals surface area (Å²) >= 11 is 6.25. The highest BCUT2D eigenvalue weighted by molar-refractivity contribution is 6.32. The van der Waals surface area contributed by atoms with E-state index in [0.717, 1.165) is 24.5 Å². The highest BCUT2D eigenvalue weighted by Gasteiger charge is 2.04. The summed E-state index contributed by atoms with van der Waals surface area (Å²) in [6.07, 6.45) is 9.06. The Morgan fingerprint density at radius 2 is 1.71 bits per heavy atom. The van der Waals surface area contributed by atoms with Crippen LogP contribution in [-0.4, -0.2) is 12.6 Å². The number of anilines is 1. The Labute approximate surface area is 135 Å². The molecular formula is C18H30ClNO. The predicted molar refractivity (Wildman–Crippen MR) is 93.7 cm³/mol. The second-order valence-electron chi connectivity index (χ2n) is 5.91. The van der Waals surface area contributed by atoms with Gasteiger partial charge in [-0.2, -0.15) is 0 Å². The fourth-order valence-electron chi connectivity index (χ4n) is 2.28. The number of ether oxygens (including phenoxy) is 1. The maximum atomic E-state index is 6.25. The van der Waals surface area contributed by atoms with Crippen LogP contribution >= 0.6 is 11.6 Å². The monoisotopic (exact) mass is 311 g/mol. The molecule has 21 heavy (non-hydrogen) atoms. The van der Waals surface area contributed by atoms with Gasteiger partial charge in [0.2, 0.25) is 0 Å². The van der Waals surface area contributed by atoms with Gasteiger partial charge in [-0.3, -0.25) is 0 Å². The molecule has 2 nitrogen and oxygen atoms in total. The molecule has 0 atom stereocenters. The molecule has 0 unspecified atom stereocenters. The van der Waals surface area contributed by atoms with Crippen molar-refractivity contribution in [1.29, 1.82) is 0 Å². The molecule has 0 fully saturated rings. The minimum absolute atomic E-state index is 0.403. The third-order valence-corrected chi connectivity index (χ3v) is 3.69. The van der Waals surface area contributed by atoms with E-state index < -0.39 is 0 Å². The zero-order valence-corrected chi connectivity index (χ0v) is 14.5. The van der Waals surface area contributed by atoms with Crippen LogP contribution in [0.1, 0.15) is 65.7 Å². The van der Waals surface area contributed by atoms with Gasteiger partial charge in [-0.25, -0.2) is 0 Å². The molecule has 3 heteroatoms.